The second kappa shape index (κ2) is 7.40. The number of carbonyl (C=O) groups is 2. The summed E-state index contributed by atoms with van der Waals surface area (Å²) in [4.78, 5) is 26.4. The van der Waals surface area contributed by atoms with E-state index in [-0.39, 0.29) is 46.3 Å². The molecule has 0 aliphatic heterocycles. The zero-order chi connectivity index (χ0) is 23.2. The molecule has 180 valence electrons. The molecule has 0 bridgehead atoms. The van der Waals surface area contributed by atoms with Gasteiger partial charge < -0.3 is 5.11 Å². The number of fused-ring (bicyclic) bond motifs is 4. The Labute approximate surface area is 195 Å². The number of rotatable bonds is 6. The number of aliphatic hydroxyl groups excluding tert-OH is 1. The first-order valence-corrected chi connectivity index (χ1v) is 13.8. The molecule has 5 aliphatic rings. The summed E-state index contributed by atoms with van der Waals surface area (Å²) >= 11 is 0. The fourth-order valence-corrected chi connectivity index (χ4v) is 10.7. The predicted octanol–water partition coefficient (Wildman–Crippen LogP) is 6.07. The maximum atomic E-state index is 13.3. The van der Waals surface area contributed by atoms with Gasteiger partial charge in [0.15, 0.2) is 0 Å². The highest BCUT2D eigenvalue weighted by Crippen LogP contribution is 2.81. The van der Waals surface area contributed by atoms with Crippen LogP contribution in [-0.2, 0) is 9.59 Å². The van der Waals surface area contributed by atoms with E-state index in [1.54, 1.807) is 0 Å². The normalized spacial score (nSPS) is 50.8. The highest BCUT2D eigenvalue weighted by molar-refractivity contribution is 6.38. The molecule has 5 saturated carbocycles. The Hall–Kier alpha value is -0.700. The second-order valence-electron chi connectivity index (χ2n) is 13.5. The minimum Gasteiger partial charge on any atom is -0.393 e. The molecule has 3 heteroatoms. The lowest BCUT2D eigenvalue weighted by atomic mass is 9.45. The van der Waals surface area contributed by atoms with Gasteiger partial charge in [-0.2, -0.15) is 0 Å². The first kappa shape index (κ1) is 23.1. The van der Waals surface area contributed by atoms with Gasteiger partial charge in [0, 0.05) is 17.3 Å². The van der Waals surface area contributed by atoms with E-state index in [0.29, 0.717) is 23.2 Å². The van der Waals surface area contributed by atoms with Gasteiger partial charge in [-0.15, -0.1) is 0 Å². The van der Waals surface area contributed by atoms with Gasteiger partial charge in [-0.05, 0) is 104 Å². The third-order valence-electron chi connectivity index (χ3n) is 12.5. The lowest BCUT2D eigenvalue weighted by molar-refractivity contribution is -0.155. The summed E-state index contributed by atoms with van der Waals surface area (Å²) in [5.41, 5.74) is 0.697. The van der Waals surface area contributed by atoms with Crippen LogP contribution in [0.2, 0.25) is 0 Å². The van der Waals surface area contributed by atoms with E-state index in [9.17, 15) is 14.7 Å². The summed E-state index contributed by atoms with van der Waals surface area (Å²) in [7, 11) is 0. The van der Waals surface area contributed by atoms with Crippen LogP contribution >= 0.6 is 0 Å². The van der Waals surface area contributed by atoms with Crippen LogP contribution in [0.1, 0.15) is 99.3 Å². The van der Waals surface area contributed by atoms with Crippen molar-refractivity contribution in [2.24, 2.45) is 63.6 Å². The van der Waals surface area contributed by atoms with Crippen LogP contribution < -0.4 is 0 Å². The molecule has 0 radical (unpaired) electrons. The van der Waals surface area contributed by atoms with Crippen LogP contribution in [0.25, 0.3) is 0 Å². The molecule has 5 rings (SSSR count). The van der Waals surface area contributed by atoms with E-state index in [0.717, 1.165) is 31.1 Å². The molecule has 3 nitrogen and oxygen atoms in total. The standard InChI is InChI=1S/C29H46O3/c1-7-19(16(2)3)26(32)25(31)17(4)21-8-9-22-20-14-24(30)29-15-18(29)10-13-28(29,6)23(20)11-12-27(21,22)5/h16-24,30H,7-15H2,1-6H3/t17-,18+,19-,20-,21+,22-,23-,24+,27+,28+,29-/m0/s1. The number of hydrogen-bond acceptors (Lipinski definition) is 3. The summed E-state index contributed by atoms with van der Waals surface area (Å²) in [5, 5.41) is 11.4. The van der Waals surface area contributed by atoms with Crippen molar-refractivity contribution in [3.63, 3.8) is 0 Å². The van der Waals surface area contributed by atoms with Crippen molar-refractivity contribution in [1.82, 2.24) is 0 Å². The smallest absolute Gasteiger partial charge is 0.201 e. The zero-order valence-corrected chi connectivity index (χ0v) is 21.3. The van der Waals surface area contributed by atoms with Gasteiger partial charge in [0.05, 0.1) is 6.10 Å². The lowest BCUT2D eigenvalue weighted by Crippen LogP contribution is -2.56. The Balaban J connectivity index is 1.37. The quantitative estimate of drug-likeness (QED) is 0.508. The van der Waals surface area contributed by atoms with Gasteiger partial charge in [-0.1, -0.05) is 41.5 Å². The van der Waals surface area contributed by atoms with Crippen molar-refractivity contribution >= 4 is 11.6 Å². The Morgan fingerprint density at radius 2 is 1.69 bits per heavy atom. The van der Waals surface area contributed by atoms with Gasteiger partial charge in [0.1, 0.15) is 0 Å². The minimum atomic E-state index is -0.170. The van der Waals surface area contributed by atoms with Crippen molar-refractivity contribution < 1.29 is 14.7 Å². The molecule has 0 saturated heterocycles. The summed E-state index contributed by atoms with van der Waals surface area (Å²) in [6.07, 6.45) is 10.2. The average molecular weight is 443 g/mol. The van der Waals surface area contributed by atoms with Gasteiger partial charge in [-0.3, -0.25) is 9.59 Å². The zero-order valence-electron chi connectivity index (χ0n) is 21.3. The molecular weight excluding hydrogens is 396 g/mol. The second-order valence-corrected chi connectivity index (χ2v) is 13.5. The van der Waals surface area contributed by atoms with Crippen molar-refractivity contribution in [1.29, 1.82) is 0 Å². The maximum absolute atomic E-state index is 13.3. The van der Waals surface area contributed by atoms with Crippen LogP contribution in [0.4, 0.5) is 0 Å². The fourth-order valence-electron chi connectivity index (χ4n) is 10.7. The van der Waals surface area contributed by atoms with E-state index in [1.807, 2.05) is 6.92 Å². The van der Waals surface area contributed by atoms with Gasteiger partial charge in [0.25, 0.3) is 0 Å². The molecular formula is C29H46O3. The Bertz CT molecular complexity index is 802. The Morgan fingerprint density at radius 3 is 2.31 bits per heavy atom. The third-order valence-corrected chi connectivity index (χ3v) is 12.5. The molecule has 0 aromatic rings. The molecule has 1 spiro atoms. The Morgan fingerprint density at radius 1 is 0.969 bits per heavy atom. The van der Waals surface area contributed by atoms with E-state index in [1.165, 1.54) is 38.5 Å². The topological polar surface area (TPSA) is 54.4 Å². The monoisotopic (exact) mass is 442 g/mol. The average Bonchev–Trinajstić information content (AvgIpc) is 3.27. The molecule has 0 unspecified atom stereocenters. The summed E-state index contributed by atoms with van der Waals surface area (Å²) in [6, 6.07) is 0. The highest BCUT2D eigenvalue weighted by atomic mass is 16.3. The molecule has 11 atom stereocenters. The van der Waals surface area contributed by atoms with E-state index in [4.69, 9.17) is 0 Å². The van der Waals surface area contributed by atoms with Crippen molar-refractivity contribution in [2.75, 3.05) is 0 Å². The van der Waals surface area contributed by atoms with Crippen LogP contribution in [0.15, 0.2) is 0 Å². The molecule has 0 amide bonds. The first-order chi connectivity index (χ1) is 15.0. The molecule has 0 aromatic carbocycles. The number of hydrogen-bond donors (Lipinski definition) is 1. The van der Waals surface area contributed by atoms with Gasteiger partial charge in [-0.25, -0.2) is 0 Å². The summed E-state index contributed by atoms with van der Waals surface area (Å²) < 4.78 is 0. The molecule has 5 aliphatic carbocycles. The van der Waals surface area contributed by atoms with Crippen LogP contribution in [0.3, 0.4) is 0 Å². The molecule has 1 N–H and O–H groups in total. The Kier molecular flexibility index (Phi) is 5.33. The van der Waals surface area contributed by atoms with E-state index >= 15 is 0 Å². The summed E-state index contributed by atoms with van der Waals surface area (Å²) in [6.45, 7) is 13.2. The number of Topliss-reactive ketones (excluding diaryl/α,β-unsaturated/α-hetero) is 2. The van der Waals surface area contributed by atoms with Crippen molar-refractivity contribution in [3.8, 4) is 0 Å². The number of aliphatic hydroxyl groups is 1. The predicted molar refractivity (Wildman–Crippen MR) is 127 cm³/mol. The highest BCUT2D eigenvalue weighted by Gasteiger charge is 2.77. The number of ketones is 2. The third kappa shape index (κ3) is 2.75. The van der Waals surface area contributed by atoms with E-state index in [2.05, 4.69) is 34.6 Å². The minimum absolute atomic E-state index is 0.106. The lowest BCUT2D eigenvalue weighted by Gasteiger charge is -2.60. The van der Waals surface area contributed by atoms with Gasteiger partial charge in [0.2, 0.25) is 11.6 Å². The van der Waals surface area contributed by atoms with E-state index < -0.39 is 0 Å². The van der Waals surface area contributed by atoms with Crippen LogP contribution in [0.5, 0.6) is 0 Å². The SMILES string of the molecule is CC[C@H](C(=O)C(=O)[C@@H](C)[C@H]1CC[C@H]2[C@@H]3C[C@@H](O)[C@]45C[C@H]4CC[C@]5(C)[C@H]3CC[C@]12C)C(C)C. The fraction of sp³-hybridized carbons (Fsp3) is 0.931. The molecule has 32 heavy (non-hydrogen) atoms. The largest absolute Gasteiger partial charge is 0.393 e. The van der Waals surface area contributed by atoms with Crippen LogP contribution in [-0.4, -0.2) is 22.8 Å². The van der Waals surface area contributed by atoms with Crippen molar-refractivity contribution in [3.05, 3.63) is 0 Å². The molecule has 0 heterocycles. The molecule has 0 aromatic heterocycles. The summed E-state index contributed by atoms with van der Waals surface area (Å²) in [5.74, 6) is 2.73. The first-order valence-electron chi connectivity index (χ1n) is 13.8. The molecule has 5 fully saturated rings. The van der Waals surface area contributed by atoms with Crippen LogP contribution in [0, 0.1) is 63.6 Å². The number of carbonyl (C=O) groups excluding carboxylic acids is 2. The van der Waals surface area contributed by atoms with Gasteiger partial charge >= 0.3 is 0 Å². The van der Waals surface area contributed by atoms with Crippen molar-refractivity contribution in [2.45, 2.75) is 105 Å². The maximum Gasteiger partial charge on any atom is 0.201 e.